The van der Waals surface area contributed by atoms with Crippen molar-refractivity contribution in [3.05, 3.63) is 29.8 Å². The van der Waals surface area contributed by atoms with Crippen LogP contribution >= 0.6 is 10.7 Å². The predicted octanol–water partition coefficient (Wildman–Crippen LogP) is 0.707. The van der Waals surface area contributed by atoms with E-state index >= 15 is 0 Å². The van der Waals surface area contributed by atoms with Gasteiger partial charge in [0.15, 0.2) is 0 Å². The monoisotopic (exact) mass is 353 g/mol. The van der Waals surface area contributed by atoms with E-state index < -0.39 is 18.9 Å². The second-order valence-electron chi connectivity index (χ2n) is 4.56. The van der Waals surface area contributed by atoms with Gasteiger partial charge in [-0.05, 0) is 24.1 Å². The molecule has 1 rings (SSSR count). The number of benzene rings is 1. The van der Waals surface area contributed by atoms with Gasteiger partial charge in [-0.2, -0.15) is 0 Å². The van der Waals surface area contributed by atoms with Crippen LogP contribution in [-0.2, 0) is 30.1 Å². The molecule has 1 amide bonds. The number of hydrogen-bond donors (Lipinski definition) is 1. The molecule has 0 saturated heterocycles. The molecule has 0 spiro atoms. The number of carbonyl (C=O) groups is 1. The highest BCUT2D eigenvalue weighted by Crippen LogP contribution is 2.15. The predicted molar refractivity (Wildman–Crippen MR) is 80.5 cm³/mol. The standard InChI is InChI=1S/C12H16ClNO5S2/c1-20(16,17)9-8-14-12(15)7-4-10-2-5-11(6-3-10)21(13,18)19/h2-3,5-6H,4,7-9H2,1H3,(H,14,15). The van der Waals surface area contributed by atoms with Crippen molar-refractivity contribution in [2.45, 2.75) is 17.7 Å². The molecule has 0 aliphatic carbocycles. The molecule has 0 aliphatic rings. The summed E-state index contributed by atoms with van der Waals surface area (Å²) in [6, 6.07) is 5.91. The quantitative estimate of drug-likeness (QED) is 0.728. The third kappa shape index (κ3) is 7.45. The first kappa shape index (κ1) is 17.9. The van der Waals surface area contributed by atoms with E-state index in [9.17, 15) is 21.6 Å². The molecule has 1 aromatic carbocycles. The van der Waals surface area contributed by atoms with Crippen LogP contribution < -0.4 is 5.32 Å². The lowest BCUT2D eigenvalue weighted by Gasteiger charge is -2.05. The lowest BCUT2D eigenvalue weighted by molar-refractivity contribution is -0.120. The fourth-order valence-corrected chi connectivity index (χ4v) is 2.78. The van der Waals surface area contributed by atoms with E-state index in [1.165, 1.54) is 12.1 Å². The number of aryl methyl sites for hydroxylation is 1. The number of amides is 1. The van der Waals surface area contributed by atoms with Crippen LogP contribution in [-0.4, -0.2) is 41.3 Å². The maximum Gasteiger partial charge on any atom is 0.261 e. The minimum absolute atomic E-state index is 0.00511. The lowest BCUT2D eigenvalue weighted by atomic mass is 10.1. The van der Waals surface area contributed by atoms with Gasteiger partial charge in [0.2, 0.25) is 5.91 Å². The second kappa shape index (κ2) is 7.24. The average Bonchev–Trinajstić information content (AvgIpc) is 2.34. The molecule has 0 fully saturated rings. The van der Waals surface area contributed by atoms with Crippen molar-refractivity contribution in [2.24, 2.45) is 0 Å². The van der Waals surface area contributed by atoms with Crippen molar-refractivity contribution in [3.8, 4) is 0 Å². The van der Waals surface area contributed by atoms with Crippen molar-refractivity contribution in [1.82, 2.24) is 5.32 Å². The van der Waals surface area contributed by atoms with Gasteiger partial charge in [-0.1, -0.05) is 12.1 Å². The molecule has 0 heterocycles. The topological polar surface area (TPSA) is 97.4 Å². The van der Waals surface area contributed by atoms with E-state index in [4.69, 9.17) is 10.7 Å². The van der Waals surface area contributed by atoms with Crippen LogP contribution in [0.2, 0.25) is 0 Å². The molecule has 118 valence electrons. The number of carbonyl (C=O) groups excluding carboxylic acids is 1. The van der Waals surface area contributed by atoms with Gasteiger partial charge < -0.3 is 5.32 Å². The number of sulfone groups is 1. The van der Waals surface area contributed by atoms with Crippen molar-refractivity contribution >= 4 is 35.5 Å². The smallest absolute Gasteiger partial charge is 0.261 e. The normalized spacial score (nSPS) is 12.1. The van der Waals surface area contributed by atoms with Crippen molar-refractivity contribution in [2.75, 3.05) is 18.6 Å². The molecular weight excluding hydrogens is 338 g/mol. The Morgan fingerprint density at radius 2 is 1.71 bits per heavy atom. The second-order valence-corrected chi connectivity index (χ2v) is 9.39. The molecule has 0 aromatic heterocycles. The largest absolute Gasteiger partial charge is 0.355 e. The Bertz CT molecular complexity index is 696. The van der Waals surface area contributed by atoms with Gasteiger partial charge in [-0.3, -0.25) is 4.79 Å². The number of nitrogens with one attached hydrogen (secondary N) is 1. The van der Waals surface area contributed by atoms with Crippen LogP contribution in [0.1, 0.15) is 12.0 Å². The minimum atomic E-state index is -3.74. The SMILES string of the molecule is CS(=O)(=O)CCNC(=O)CCc1ccc(S(=O)(=O)Cl)cc1. The molecule has 0 aliphatic heterocycles. The number of hydrogen-bond acceptors (Lipinski definition) is 5. The van der Waals surface area contributed by atoms with E-state index in [2.05, 4.69) is 5.32 Å². The maximum atomic E-state index is 11.5. The third-order valence-electron chi connectivity index (χ3n) is 2.64. The van der Waals surface area contributed by atoms with Crippen LogP contribution in [0.5, 0.6) is 0 Å². The summed E-state index contributed by atoms with van der Waals surface area (Å²) in [5.41, 5.74) is 0.789. The van der Waals surface area contributed by atoms with Crippen LogP contribution in [0, 0.1) is 0 Å². The molecular formula is C12H16ClNO5S2. The minimum Gasteiger partial charge on any atom is -0.355 e. The molecule has 0 atom stereocenters. The van der Waals surface area contributed by atoms with Crippen molar-refractivity contribution in [3.63, 3.8) is 0 Å². The van der Waals surface area contributed by atoms with Crippen molar-refractivity contribution < 1.29 is 21.6 Å². The molecule has 1 N–H and O–H groups in total. The Balaban J connectivity index is 2.43. The van der Waals surface area contributed by atoms with Gasteiger partial charge in [0.05, 0.1) is 10.6 Å². The van der Waals surface area contributed by atoms with Crippen LogP contribution in [0.4, 0.5) is 0 Å². The Hall–Kier alpha value is -1.12. The fraction of sp³-hybridized carbons (Fsp3) is 0.417. The molecule has 6 nitrogen and oxygen atoms in total. The van der Waals surface area contributed by atoms with Gasteiger partial charge in [-0.15, -0.1) is 0 Å². The first-order valence-corrected chi connectivity index (χ1v) is 10.4. The highest BCUT2D eigenvalue weighted by atomic mass is 35.7. The van der Waals surface area contributed by atoms with E-state index in [-0.39, 0.29) is 29.5 Å². The Labute approximate surface area is 128 Å². The van der Waals surface area contributed by atoms with Gasteiger partial charge >= 0.3 is 0 Å². The zero-order valence-electron chi connectivity index (χ0n) is 11.4. The van der Waals surface area contributed by atoms with Crippen molar-refractivity contribution in [1.29, 1.82) is 0 Å². The fourth-order valence-electron chi connectivity index (χ4n) is 1.54. The molecule has 21 heavy (non-hydrogen) atoms. The Kier molecular flexibility index (Phi) is 6.18. The van der Waals surface area contributed by atoms with E-state index in [1.54, 1.807) is 12.1 Å². The van der Waals surface area contributed by atoms with E-state index in [0.717, 1.165) is 11.8 Å². The highest BCUT2D eigenvalue weighted by Gasteiger charge is 2.09. The number of halogens is 1. The molecule has 0 radical (unpaired) electrons. The average molecular weight is 354 g/mol. The first-order chi connectivity index (χ1) is 9.58. The zero-order valence-corrected chi connectivity index (χ0v) is 13.8. The summed E-state index contributed by atoms with van der Waals surface area (Å²) in [5.74, 6) is -0.353. The first-order valence-electron chi connectivity index (χ1n) is 6.06. The number of rotatable bonds is 7. The lowest BCUT2D eigenvalue weighted by Crippen LogP contribution is -2.28. The third-order valence-corrected chi connectivity index (χ3v) is 4.96. The van der Waals surface area contributed by atoms with Gasteiger partial charge in [-0.25, -0.2) is 16.8 Å². The molecule has 9 heteroatoms. The zero-order chi connectivity index (χ0) is 16.1. The summed E-state index contributed by atoms with van der Waals surface area (Å²) in [6.07, 6.45) is 1.72. The summed E-state index contributed by atoms with van der Waals surface area (Å²) in [7, 11) is -1.64. The van der Waals surface area contributed by atoms with Crippen LogP contribution in [0.15, 0.2) is 29.2 Å². The van der Waals surface area contributed by atoms with E-state index in [0.29, 0.717) is 6.42 Å². The summed E-state index contributed by atoms with van der Waals surface area (Å²) in [4.78, 5) is 11.5. The van der Waals surface area contributed by atoms with Gasteiger partial charge in [0, 0.05) is 29.9 Å². The molecule has 0 bridgehead atoms. The maximum absolute atomic E-state index is 11.5. The Morgan fingerprint density at radius 3 is 2.19 bits per heavy atom. The van der Waals surface area contributed by atoms with Crippen LogP contribution in [0.3, 0.4) is 0 Å². The molecule has 0 unspecified atom stereocenters. The van der Waals surface area contributed by atoms with Gasteiger partial charge in [0.25, 0.3) is 9.05 Å². The van der Waals surface area contributed by atoms with E-state index in [1.807, 2.05) is 0 Å². The molecule has 0 saturated carbocycles. The Morgan fingerprint density at radius 1 is 1.14 bits per heavy atom. The highest BCUT2D eigenvalue weighted by molar-refractivity contribution is 8.13. The molecule has 1 aromatic rings. The van der Waals surface area contributed by atoms with Crippen LogP contribution in [0.25, 0.3) is 0 Å². The van der Waals surface area contributed by atoms with Gasteiger partial charge in [0.1, 0.15) is 9.84 Å². The summed E-state index contributed by atoms with van der Waals surface area (Å²) in [6.45, 7) is 0.0844. The summed E-state index contributed by atoms with van der Waals surface area (Å²) < 4.78 is 43.9. The summed E-state index contributed by atoms with van der Waals surface area (Å²) >= 11 is 0. The summed E-state index contributed by atoms with van der Waals surface area (Å²) in [5, 5.41) is 2.51.